The van der Waals surface area contributed by atoms with Gasteiger partial charge in [-0.2, -0.15) is 10.5 Å². The third kappa shape index (κ3) is 7.33. The van der Waals surface area contributed by atoms with Crippen molar-refractivity contribution in [1.82, 2.24) is 0 Å². The molecule has 0 amide bonds. The van der Waals surface area contributed by atoms with Crippen LogP contribution in [0.25, 0.3) is 31.7 Å². The van der Waals surface area contributed by atoms with Crippen molar-refractivity contribution in [3.05, 3.63) is 56.3 Å². The number of esters is 2. The number of rotatable bonds is 12. The van der Waals surface area contributed by atoms with Gasteiger partial charge >= 0.3 is 11.9 Å². The highest BCUT2D eigenvalue weighted by Crippen LogP contribution is 2.47. The van der Waals surface area contributed by atoms with Crippen LogP contribution in [0.4, 0.5) is 0 Å². The zero-order chi connectivity index (χ0) is 28.4. The molecular weight excluding hydrogens is 549 g/mol. The zero-order valence-electron chi connectivity index (χ0n) is 22.5. The van der Waals surface area contributed by atoms with E-state index in [9.17, 15) is 20.1 Å². The number of thiophene rings is 3. The summed E-state index contributed by atoms with van der Waals surface area (Å²) < 4.78 is 9.44. The SMILES string of the molecule is CCCCc1c(-c2ccc(/C=C(\C#N)C(=O)OC)s2)sc(-c2ccc(/C=C(\C#N)C(=O)OC)s2)c1CCCC. The van der Waals surface area contributed by atoms with Gasteiger partial charge in [-0.25, -0.2) is 9.59 Å². The van der Waals surface area contributed by atoms with Crippen molar-refractivity contribution in [1.29, 1.82) is 10.5 Å². The van der Waals surface area contributed by atoms with E-state index in [2.05, 4.69) is 26.0 Å². The molecule has 0 fully saturated rings. The summed E-state index contributed by atoms with van der Waals surface area (Å²) in [5, 5.41) is 18.7. The second-order valence-electron chi connectivity index (χ2n) is 8.65. The van der Waals surface area contributed by atoms with Crippen LogP contribution >= 0.6 is 34.0 Å². The minimum Gasteiger partial charge on any atom is -0.465 e. The molecule has 39 heavy (non-hydrogen) atoms. The number of nitriles is 2. The van der Waals surface area contributed by atoms with Crippen LogP contribution < -0.4 is 0 Å². The number of carbonyl (C=O) groups excluding carboxylic acids is 2. The lowest BCUT2D eigenvalue weighted by Gasteiger charge is -2.08. The molecule has 0 aliphatic carbocycles. The van der Waals surface area contributed by atoms with Crippen LogP contribution in [-0.2, 0) is 31.9 Å². The molecule has 3 aromatic rings. The molecule has 0 aliphatic rings. The summed E-state index contributed by atoms with van der Waals surface area (Å²) in [6.45, 7) is 4.38. The lowest BCUT2D eigenvalue weighted by Crippen LogP contribution is -2.02. The predicted octanol–water partition coefficient (Wildman–Crippen LogP) is 8.05. The Bertz CT molecular complexity index is 1370. The first-order chi connectivity index (χ1) is 18.9. The average Bonchev–Trinajstić information content (AvgIpc) is 3.70. The summed E-state index contributed by atoms with van der Waals surface area (Å²) in [6, 6.07) is 11.8. The van der Waals surface area contributed by atoms with E-state index in [-0.39, 0.29) is 11.1 Å². The van der Waals surface area contributed by atoms with Gasteiger partial charge in [0.15, 0.2) is 0 Å². The fourth-order valence-electron chi connectivity index (χ4n) is 4.02. The molecule has 0 bridgehead atoms. The Hall–Kier alpha value is -3.50. The lowest BCUT2D eigenvalue weighted by atomic mass is 9.97. The molecular formula is C30H30N2O4S3. The number of nitrogens with zero attached hydrogens (tertiary/aromatic N) is 2. The summed E-state index contributed by atoms with van der Waals surface area (Å²) in [7, 11) is 2.53. The molecule has 0 saturated carbocycles. The van der Waals surface area contributed by atoms with E-state index in [1.54, 1.807) is 46.2 Å². The van der Waals surface area contributed by atoms with Gasteiger partial charge in [-0.05, 0) is 73.2 Å². The quantitative estimate of drug-likeness (QED) is 0.122. The molecule has 0 radical (unpaired) electrons. The van der Waals surface area contributed by atoms with Crippen molar-refractivity contribution in [3.8, 4) is 31.6 Å². The van der Waals surface area contributed by atoms with E-state index >= 15 is 0 Å². The lowest BCUT2D eigenvalue weighted by molar-refractivity contribution is -0.136. The first-order valence-corrected chi connectivity index (χ1v) is 15.1. The van der Waals surface area contributed by atoms with E-state index in [1.165, 1.54) is 35.1 Å². The smallest absolute Gasteiger partial charge is 0.348 e. The Balaban J connectivity index is 2.13. The highest BCUT2D eigenvalue weighted by atomic mass is 32.1. The molecule has 0 atom stereocenters. The minimum atomic E-state index is -0.648. The maximum absolute atomic E-state index is 11.9. The van der Waals surface area contributed by atoms with Gasteiger partial charge in [0.25, 0.3) is 0 Å². The second kappa shape index (κ2) is 14.6. The molecule has 0 N–H and O–H groups in total. The van der Waals surface area contributed by atoms with E-state index in [1.807, 2.05) is 24.3 Å². The fraction of sp³-hybridized carbons (Fsp3) is 0.333. The topological polar surface area (TPSA) is 100 Å². The van der Waals surface area contributed by atoms with Gasteiger partial charge in [0.1, 0.15) is 23.3 Å². The maximum atomic E-state index is 11.9. The van der Waals surface area contributed by atoms with Crippen LogP contribution in [-0.4, -0.2) is 26.2 Å². The van der Waals surface area contributed by atoms with Crippen LogP contribution in [0, 0.1) is 22.7 Å². The number of carbonyl (C=O) groups is 2. The highest BCUT2D eigenvalue weighted by molar-refractivity contribution is 7.27. The first kappa shape index (κ1) is 30.0. The Morgan fingerprint density at radius 1 is 0.744 bits per heavy atom. The van der Waals surface area contributed by atoms with Gasteiger partial charge in [0.2, 0.25) is 0 Å². The molecule has 0 unspecified atom stereocenters. The maximum Gasteiger partial charge on any atom is 0.348 e. The summed E-state index contributed by atoms with van der Waals surface area (Å²) >= 11 is 4.86. The Morgan fingerprint density at radius 2 is 1.15 bits per heavy atom. The van der Waals surface area contributed by atoms with Crippen molar-refractivity contribution in [3.63, 3.8) is 0 Å². The largest absolute Gasteiger partial charge is 0.465 e. The van der Waals surface area contributed by atoms with E-state index < -0.39 is 11.9 Å². The molecule has 0 spiro atoms. The van der Waals surface area contributed by atoms with Crippen LogP contribution in [0.1, 0.15) is 60.4 Å². The Morgan fingerprint density at radius 3 is 1.49 bits per heavy atom. The standard InChI is InChI=1S/C30H30N2O4S3/c1-5-7-9-23-24(10-8-6-2)28(26-14-12-22(38-26)16-20(18-32)30(34)36-4)39-27(23)25-13-11-21(37-25)15-19(17-31)29(33)35-3/h11-16H,5-10H2,1-4H3/b19-15+,20-16+. The molecule has 202 valence electrons. The van der Waals surface area contributed by atoms with Gasteiger partial charge in [-0.15, -0.1) is 34.0 Å². The predicted molar refractivity (Wildman–Crippen MR) is 159 cm³/mol. The second-order valence-corrected chi connectivity index (χ2v) is 11.9. The number of methoxy groups -OCH3 is 2. The van der Waals surface area contributed by atoms with Crippen molar-refractivity contribution in [2.45, 2.75) is 52.4 Å². The number of hydrogen-bond acceptors (Lipinski definition) is 9. The molecule has 3 aromatic heterocycles. The van der Waals surface area contributed by atoms with Gasteiger partial charge in [-0.3, -0.25) is 0 Å². The van der Waals surface area contributed by atoms with Crippen molar-refractivity contribution < 1.29 is 19.1 Å². The molecule has 3 heterocycles. The minimum absolute atomic E-state index is 0.0320. The Kier molecular flexibility index (Phi) is 11.2. The molecule has 0 saturated heterocycles. The monoisotopic (exact) mass is 578 g/mol. The molecule has 3 rings (SSSR count). The summed E-state index contributed by atoms with van der Waals surface area (Å²) in [6.07, 6.45) is 9.40. The van der Waals surface area contributed by atoms with Crippen molar-refractivity contribution >= 4 is 58.1 Å². The van der Waals surface area contributed by atoms with Gasteiger partial charge < -0.3 is 9.47 Å². The van der Waals surface area contributed by atoms with E-state index in [0.29, 0.717) is 0 Å². The molecule has 0 aromatic carbocycles. The molecule has 6 nitrogen and oxygen atoms in total. The summed E-state index contributed by atoms with van der Waals surface area (Å²) in [5.74, 6) is -1.30. The van der Waals surface area contributed by atoms with Gasteiger partial charge in [0, 0.05) is 29.3 Å². The van der Waals surface area contributed by atoms with Crippen molar-refractivity contribution in [2.24, 2.45) is 0 Å². The summed E-state index contributed by atoms with van der Waals surface area (Å²) in [5.41, 5.74) is 2.65. The van der Waals surface area contributed by atoms with Gasteiger partial charge in [-0.1, -0.05) is 26.7 Å². The number of hydrogen-bond donors (Lipinski definition) is 0. The Labute approximate surface area is 241 Å². The van der Waals surface area contributed by atoms with E-state index in [4.69, 9.17) is 9.47 Å². The third-order valence-electron chi connectivity index (χ3n) is 6.00. The van der Waals surface area contributed by atoms with Crippen molar-refractivity contribution in [2.75, 3.05) is 14.2 Å². The normalized spacial score (nSPS) is 11.6. The summed E-state index contributed by atoms with van der Waals surface area (Å²) in [4.78, 5) is 30.0. The zero-order valence-corrected chi connectivity index (χ0v) is 24.9. The number of ether oxygens (including phenoxy) is 2. The van der Waals surface area contributed by atoms with Gasteiger partial charge in [0.05, 0.1) is 14.2 Å². The highest BCUT2D eigenvalue weighted by Gasteiger charge is 2.22. The third-order valence-corrected chi connectivity index (χ3v) is 9.70. The van der Waals surface area contributed by atoms with Crippen LogP contribution in [0.5, 0.6) is 0 Å². The molecule has 0 aliphatic heterocycles. The molecule has 9 heteroatoms. The van der Waals surface area contributed by atoms with Crippen LogP contribution in [0.15, 0.2) is 35.4 Å². The first-order valence-electron chi connectivity index (χ1n) is 12.7. The fourth-order valence-corrected chi connectivity index (χ4v) is 7.59. The number of unbranched alkanes of at least 4 members (excludes halogenated alkanes) is 2. The van der Waals surface area contributed by atoms with E-state index in [0.717, 1.165) is 58.0 Å². The van der Waals surface area contributed by atoms with Crippen LogP contribution in [0.3, 0.4) is 0 Å². The van der Waals surface area contributed by atoms with Crippen LogP contribution in [0.2, 0.25) is 0 Å². The average molecular weight is 579 g/mol.